The third kappa shape index (κ3) is 4.72. The van der Waals surface area contributed by atoms with Gasteiger partial charge in [-0.2, -0.15) is 0 Å². The summed E-state index contributed by atoms with van der Waals surface area (Å²) in [7, 11) is 1.52. The van der Waals surface area contributed by atoms with E-state index < -0.39 is 30.2 Å². The quantitative estimate of drug-likeness (QED) is 0.391. The Kier molecular flexibility index (Phi) is 6.52. The molecule has 0 radical (unpaired) electrons. The van der Waals surface area contributed by atoms with Crippen LogP contribution in [0.25, 0.3) is 11.3 Å². The molecule has 2 aliphatic rings. The van der Waals surface area contributed by atoms with Crippen molar-refractivity contribution in [3.63, 3.8) is 0 Å². The largest absolute Gasteiger partial charge is 0.481 e. The molecule has 1 aliphatic heterocycles. The zero-order chi connectivity index (χ0) is 25.4. The highest BCUT2D eigenvalue weighted by atomic mass is 19.1. The van der Waals surface area contributed by atoms with Gasteiger partial charge in [0.05, 0.1) is 54.1 Å². The van der Waals surface area contributed by atoms with Crippen molar-refractivity contribution in [1.82, 2.24) is 20.4 Å². The minimum absolute atomic E-state index is 0.142. The van der Waals surface area contributed by atoms with Crippen LogP contribution in [0.3, 0.4) is 0 Å². The lowest BCUT2D eigenvalue weighted by atomic mass is 9.91. The number of fused-ring (bicyclic) bond motifs is 1. The van der Waals surface area contributed by atoms with Gasteiger partial charge in [-0.1, -0.05) is 12.1 Å². The normalized spacial score (nSPS) is 23.2. The third-order valence-corrected chi connectivity index (χ3v) is 6.45. The van der Waals surface area contributed by atoms with Crippen LogP contribution in [0, 0.1) is 12.7 Å². The maximum Gasteiger partial charge on any atom is 0.220 e. The van der Waals surface area contributed by atoms with Gasteiger partial charge in [0.25, 0.3) is 0 Å². The van der Waals surface area contributed by atoms with Crippen LogP contribution < -0.4 is 16.0 Å². The number of aliphatic imine (C=N–C) groups is 1. The van der Waals surface area contributed by atoms with Crippen molar-refractivity contribution in [2.45, 2.75) is 50.5 Å². The molecule has 0 saturated heterocycles. The van der Waals surface area contributed by atoms with E-state index in [0.29, 0.717) is 59.2 Å². The van der Waals surface area contributed by atoms with Crippen LogP contribution in [0.15, 0.2) is 41.4 Å². The lowest BCUT2D eigenvalue weighted by Gasteiger charge is -2.26. The Morgan fingerprint density at radius 3 is 2.61 bits per heavy atom. The number of halogens is 1. The summed E-state index contributed by atoms with van der Waals surface area (Å²) in [6.45, 7) is 1.81. The minimum Gasteiger partial charge on any atom is -0.481 e. The molecule has 0 amide bonds. The van der Waals surface area contributed by atoms with Gasteiger partial charge in [-0.05, 0) is 30.7 Å². The van der Waals surface area contributed by atoms with E-state index in [4.69, 9.17) is 20.3 Å². The van der Waals surface area contributed by atoms with Gasteiger partial charge < -0.3 is 20.7 Å². The second-order valence-electron chi connectivity index (χ2n) is 8.93. The number of anilines is 1. The maximum absolute atomic E-state index is 14.4. The van der Waals surface area contributed by atoms with Crippen molar-refractivity contribution >= 4 is 11.8 Å². The molecular formula is C25H27FN6O4. The topological polar surface area (TPSA) is 148 Å². The maximum atomic E-state index is 14.4. The van der Waals surface area contributed by atoms with E-state index in [0.717, 1.165) is 5.56 Å². The fourth-order valence-corrected chi connectivity index (χ4v) is 4.72. The first-order chi connectivity index (χ1) is 17.3. The van der Waals surface area contributed by atoms with Gasteiger partial charge >= 0.3 is 0 Å². The van der Waals surface area contributed by atoms with Crippen molar-refractivity contribution in [1.29, 1.82) is 0 Å². The summed E-state index contributed by atoms with van der Waals surface area (Å²) in [5.41, 5.74) is 12.7. The number of benzene rings is 1. The Morgan fingerprint density at radius 2 is 1.86 bits per heavy atom. The van der Waals surface area contributed by atoms with Gasteiger partial charge in [0.2, 0.25) is 11.8 Å². The number of amidine groups is 1. The summed E-state index contributed by atoms with van der Waals surface area (Å²) in [5.74, 6) is 0.542. The summed E-state index contributed by atoms with van der Waals surface area (Å²) < 4.78 is 19.6. The molecule has 5 rings (SSSR count). The number of hydrogen-bond acceptors (Lipinski definition) is 10. The van der Waals surface area contributed by atoms with Gasteiger partial charge in [0.15, 0.2) is 5.84 Å². The van der Waals surface area contributed by atoms with Crippen molar-refractivity contribution in [2.75, 3.05) is 12.8 Å². The lowest BCUT2D eigenvalue weighted by molar-refractivity contribution is 0.00615. The molecule has 1 fully saturated rings. The van der Waals surface area contributed by atoms with Crippen molar-refractivity contribution in [3.05, 3.63) is 64.7 Å². The molecule has 1 saturated carbocycles. The number of hydrogen-bond donors (Lipinski definition) is 4. The van der Waals surface area contributed by atoms with Crippen molar-refractivity contribution < 1.29 is 24.2 Å². The smallest absolute Gasteiger partial charge is 0.220 e. The molecule has 11 heteroatoms. The fourth-order valence-electron chi connectivity index (χ4n) is 4.72. The number of aliphatic hydroxyl groups is 2. The van der Waals surface area contributed by atoms with E-state index in [1.54, 1.807) is 31.2 Å². The van der Waals surface area contributed by atoms with Crippen LogP contribution in [0.1, 0.15) is 41.4 Å². The van der Waals surface area contributed by atoms with Crippen LogP contribution in [-0.4, -0.2) is 56.4 Å². The average molecular weight is 495 g/mol. The van der Waals surface area contributed by atoms with Gasteiger partial charge in [-0.25, -0.2) is 24.8 Å². The molecule has 0 bridgehead atoms. The molecule has 3 aromatic rings. The molecular weight excluding hydrogens is 467 g/mol. The number of pyridine rings is 1. The van der Waals surface area contributed by atoms with Crippen molar-refractivity contribution in [3.8, 4) is 17.1 Å². The van der Waals surface area contributed by atoms with Crippen LogP contribution in [0.5, 0.6) is 5.88 Å². The van der Waals surface area contributed by atoms with E-state index in [9.17, 15) is 14.6 Å². The summed E-state index contributed by atoms with van der Waals surface area (Å²) in [4.78, 5) is 23.9. The monoisotopic (exact) mass is 494 g/mol. The van der Waals surface area contributed by atoms with Gasteiger partial charge in [-0.15, -0.1) is 0 Å². The number of nitrogen functional groups attached to an aromatic ring is 1. The summed E-state index contributed by atoms with van der Waals surface area (Å²) >= 11 is 0. The number of aryl methyl sites for hydroxylation is 1. The molecule has 1 aliphatic carbocycles. The number of nitrogens with one attached hydrogen (secondary N) is 1. The van der Waals surface area contributed by atoms with E-state index in [-0.39, 0.29) is 5.95 Å². The molecule has 2 aromatic heterocycles. The SMILES string of the molecule is COc1cccc(-c2cc(F)ccc2C2Cc3nc(N)nc(C)c3C(NOC3C[C@@H](O)[C@@H](O)C3)=N2)n1. The van der Waals surface area contributed by atoms with Crippen LogP contribution in [-0.2, 0) is 11.3 Å². The number of aromatic nitrogens is 3. The fraction of sp³-hybridized carbons (Fsp3) is 0.360. The molecule has 3 heterocycles. The Balaban J connectivity index is 1.54. The molecule has 10 nitrogen and oxygen atoms in total. The van der Waals surface area contributed by atoms with Gasteiger partial charge in [0, 0.05) is 30.9 Å². The molecule has 188 valence electrons. The highest BCUT2D eigenvalue weighted by molar-refractivity contribution is 6.01. The molecule has 4 atom stereocenters. The second kappa shape index (κ2) is 9.76. The standard InChI is InChI=1S/C25H27FN6O4/c1-12-23-19(31-25(27)28-12)11-18(30-24(23)32-36-14-9-20(33)21(34)10-14)15-7-6-13(26)8-16(15)17-4-3-5-22(29-17)35-2/h3-8,14,18,20-21,33-34H,9-11H2,1-2H3,(H,30,32)(H2,27,28,31)/t14?,18?,20-,21+. The number of rotatable bonds is 5. The molecule has 2 unspecified atom stereocenters. The van der Waals surface area contributed by atoms with E-state index in [1.807, 2.05) is 0 Å². The Labute approximate surface area is 207 Å². The second-order valence-corrected chi connectivity index (χ2v) is 8.93. The molecule has 5 N–H and O–H groups in total. The lowest BCUT2D eigenvalue weighted by Crippen LogP contribution is -2.34. The van der Waals surface area contributed by atoms with E-state index in [1.165, 1.54) is 19.2 Å². The number of methoxy groups -OCH3 is 1. The van der Waals surface area contributed by atoms with Crippen LogP contribution in [0.2, 0.25) is 0 Å². The number of ether oxygens (including phenoxy) is 1. The molecule has 1 aromatic carbocycles. The first-order valence-electron chi connectivity index (χ1n) is 11.6. The van der Waals surface area contributed by atoms with E-state index in [2.05, 4.69) is 20.4 Å². The first-order valence-corrected chi connectivity index (χ1v) is 11.6. The Bertz CT molecular complexity index is 1310. The summed E-state index contributed by atoms with van der Waals surface area (Å²) in [6.07, 6.45) is -1.10. The Morgan fingerprint density at radius 1 is 1.08 bits per heavy atom. The first kappa shape index (κ1) is 24.0. The minimum atomic E-state index is -0.841. The number of nitrogens with two attached hydrogens (primary N) is 1. The van der Waals surface area contributed by atoms with E-state index >= 15 is 0 Å². The predicted octanol–water partition coefficient (Wildman–Crippen LogP) is 2.03. The summed E-state index contributed by atoms with van der Waals surface area (Å²) in [6, 6.07) is 9.32. The number of nitrogens with zero attached hydrogens (tertiary/aromatic N) is 4. The predicted molar refractivity (Wildman–Crippen MR) is 130 cm³/mol. The number of aliphatic hydroxyl groups excluding tert-OH is 2. The van der Waals surface area contributed by atoms with Crippen molar-refractivity contribution in [2.24, 2.45) is 4.99 Å². The Hall–Kier alpha value is -3.67. The zero-order valence-corrected chi connectivity index (χ0v) is 19.8. The van der Waals surface area contributed by atoms with Gasteiger partial charge in [0.1, 0.15) is 5.82 Å². The summed E-state index contributed by atoms with van der Waals surface area (Å²) in [5, 5.41) is 19.7. The molecule has 36 heavy (non-hydrogen) atoms. The van der Waals surface area contributed by atoms with Gasteiger partial charge in [-0.3, -0.25) is 9.83 Å². The van der Waals surface area contributed by atoms with Crippen LogP contribution >= 0.6 is 0 Å². The van der Waals surface area contributed by atoms with Crippen LogP contribution in [0.4, 0.5) is 10.3 Å². The average Bonchev–Trinajstić information content (AvgIpc) is 3.18. The zero-order valence-electron chi connectivity index (χ0n) is 19.8. The number of hydroxylamine groups is 1. The third-order valence-electron chi connectivity index (χ3n) is 6.45. The molecule has 0 spiro atoms. The highest BCUT2D eigenvalue weighted by Gasteiger charge is 2.34. The highest BCUT2D eigenvalue weighted by Crippen LogP contribution is 2.36.